The monoisotopic (exact) mass is 224 g/mol. The molecule has 1 N–H and O–H groups in total. The number of thiophene rings is 1. The molecule has 1 aliphatic rings. The average molecular weight is 224 g/mol. The Hall–Kier alpha value is -0.870. The molecule has 1 aromatic rings. The van der Waals surface area contributed by atoms with E-state index in [-0.39, 0.29) is 5.91 Å². The van der Waals surface area contributed by atoms with Gasteiger partial charge >= 0.3 is 0 Å². The van der Waals surface area contributed by atoms with Crippen molar-refractivity contribution in [3.05, 3.63) is 21.9 Å². The lowest BCUT2D eigenvalue weighted by atomic mass is 10.2. The number of amides is 1. The van der Waals surface area contributed by atoms with Crippen LogP contribution in [-0.4, -0.2) is 37.0 Å². The summed E-state index contributed by atoms with van der Waals surface area (Å²) in [6.07, 6.45) is 1.05. The molecule has 0 bridgehead atoms. The number of carbonyl (C=O) groups is 1. The Labute approximate surface area is 94.1 Å². The van der Waals surface area contributed by atoms with E-state index in [2.05, 4.69) is 5.32 Å². The van der Waals surface area contributed by atoms with Gasteiger partial charge in [-0.05, 0) is 30.8 Å². The predicted octanol–water partition coefficient (Wildman–Crippen LogP) is 1.49. The average Bonchev–Trinajstić information content (AvgIpc) is 2.53. The zero-order valence-corrected chi connectivity index (χ0v) is 9.77. The highest BCUT2D eigenvalue weighted by Crippen LogP contribution is 2.16. The summed E-state index contributed by atoms with van der Waals surface area (Å²) in [5, 5.41) is 7.29. The van der Waals surface area contributed by atoms with Crippen molar-refractivity contribution in [1.82, 2.24) is 10.2 Å². The van der Waals surface area contributed by atoms with E-state index < -0.39 is 0 Å². The van der Waals surface area contributed by atoms with Gasteiger partial charge in [0.25, 0.3) is 5.91 Å². The van der Waals surface area contributed by atoms with E-state index in [0.29, 0.717) is 0 Å². The van der Waals surface area contributed by atoms with Crippen molar-refractivity contribution in [3.8, 4) is 0 Å². The van der Waals surface area contributed by atoms with Crippen LogP contribution in [0, 0.1) is 6.92 Å². The van der Waals surface area contributed by atoms with Crippen LogP contribution in [0.15, 0.2) is 10.8 Å². The van der Waals surface area contributed by atoms with Crippen molar-refractivity contribution in [2.75, 3.05) is 26.2 Å². The van der Waals surface area contributed by atoms with Gasteiger partial charge in [-0.25, -0.2) is 0 Å². The van der Waals surface area contributed by atoms with Crippen LogP contribution in [0.25, 0.3) is 0 Å². The van der Waals surface area contributed by atoms with Crippen LogP contribution in [0.4, 0.5) is 0 Å². The normalized spacial score (nSPS) is 17.5. The highest BCUT2D eigenvalue weighted by molar-refractivity contribution is 7.08. The zero-order valence-electron chi connectivity index (χ0n) is 8.95. The first kappa shape index (κ1) is 10.6. The van der Waals surface area contributed by atoms with Gasteiger partial charge in [0.2, 0.25) is 0 Å². The smallest absolute Gasteiger partial charge is 0.255 e. The Morgan fingerprint density at radius 2 is 2.27 bits per heavy atom. The molecule has 15 heavy (non-hydrogen) atoms. The van der Waals surface area contributed by atoms with Gasteiger partial charge in [-0.3, -0.25) is 4.79 Å². The fraction of sp³-hybridized carbons (Fsp3) is 0.545. The van der Waals surface area contributed by atoms with Gasteiger partial charge in [-0.15, -0.1) is 0 Å². The number of nitrogens with one attached hydrogen (secondary N) is 1. The lowest BCUT2D eigenvalue weighted by Gasteiger charge is -2.19. The fourth-order valence-electron chi connectivity index (χ4n) is 1.80. The second-order valence-electron chi connectivity index (χ2n) is 3.86. The molecule has 2 heterocycles. The first-order valence-electron chi connectivity index (χ1n) is 5.32. The van der Waals surface area contributed by atoms with E-state index in [1.54, 1.807) is 11.3 Å². The second-order valence-corrected chi connectivity index (χ2v) is 4.61. The van der Waals surface area contributed by atoms with Gasteiger partial charge in [0, 0.05) is 25.0 Å². The lowest BCUT2D eigenvalue weighted by Crippen LogP contribution is -2.34. The van der Waals surface area contributed by atoms with Gasteiger partial charge < -0.3 is 10.2 Å². The van der Waals surface area contributed by atoms with E-state index in [4.69, 9.17) is 0 Å². The number of aryl methyl sites for hydroxylation is 1. The molecule has 0 aliphatic carbocycles. The van der Waals surface area contributed by atoms with E-state index in [0.717, 1.165) is 43.7 Å². The minimum Gasteiger partial charge on any atom is -0.337 e. The molecule has 1 fully saturated rings. The molecule has 0 radical (unpaired) electrons. The molecule has 0 saturated carbocycles. The number of nitrogens with zero attached hydrogens (tertiary/aromatic N) is 1. The molecule has 4 heteroatoms. The number of hydrogen-bond acceptors (Lipinski definition) is 3. The quantitative estimate of drug-likeness (QED) is 0.784. The van der Waals surface area contributed by atoms with Gasteiger partial charge in [-0.1, -0.05) is 0 Å². The first-order valence-corrected chi connectivity index (χ1v) is 6.26. The van der Waals surface area contributed by atoms with Crippen LogP contribution >= 0.6 is 11.3 Å². The van der Waals surface area contributed by atoms with Crippen LogP contribution in [0.3, 0.4) is 0 Å². The molecule has 0 unspecified atom stereocenters. The van der Waals surface area contributed by atoms with Crippen LogP contribution < -0.4 is 5.32 Å². The maximum absolute atomic E-state index is 12.1. The van der Waals surface area contributed by atoms with Gasteiger partial charge in [0.1, 0.15) is 0 Å². The van der Waals surface area contributed by atoms with Crippen molar-refractivity contribution < 1.29 is 4.79 Å². The molecule has 0 spiro atoms. The third-order valence-corrected chi connectivity index (χ3v) is 3.57. The topological polar surface area (TPSA) is 32.3 Å². The van der Waals surface area contributed by atoms with Crippen LogP contribution in [0.1, 0.15) is 22.3 Å². The predicted molar refractivity (Wildman–Crippen MR) is 62.4 cm³/mol. The lowest BCUT2D eigenvalue weighted by molar-refractivity contribution is 0.0766. The van der Waals surface area contributed by atoms with Gasteiger partial charge in [0.15, 0.2) is 0 Å². The first-order chi connectivity index (χ1) is 7.29. The molecular formula is C11H16N2OS. The van der Waals surface area contributed by atoms with Gasteiger partial charge in [-0.2, -0.15) is 11.3 Å². The summed E-state index contributed by atoms with van der Waals surface area (Å²) >= 11 is 1.60. The van der Waals surface area contributed by atoms with Crippen molar-refractivity contribution in [1.29, 1.82) is 0 Å². The molecule has 0 atom stereocenters. The Morgan fingerprint density at radius 3 is 3.00 bits per heavy atom. The molecule has 82 valence electrons. The van der Waals surface area contributed by atoms with Crippen molar-refractivity contribution >= 4 is 17.2 Å². The van der Waals surface area contributed by atoms with Crippen molar-refractivity contribution in [3.63, 3.8) is 0 Å². The highest BCUT2D eigenvalue weighted by atomic mass is 32.1. The third-order valence-electron chi connectivity index (χ3n) is 2.71. The summed E-state index contributed by atoms with van der Waals surface area (Å²) < 4.78 is 0. The van der Waals surface area contributed by atoms with Crippen molar-refractivity contribution in [2.45, 2.75) is 13.3 Å². The molecule has 1 amide bonds. The molecule has 1 saturated heterocycles. The SMILES string of the molecule is Cc1cscc1C(=O)N1CCCNCC1. The van der Waals surface area contributed by atoms with E-state index in [1.807, 2.05) is 22.6 Å². The summed E-state index contributed by atoms with van der Waals surface area (Å²) in [5.74, 6) is 0.192. The van der Waals surface area contributed by atoms with Crippen LogP contribution in [-0.2, 0) is 0 Å². The summed E-state index contributed by atoms with van der Waals surface area (Å²) in [7, 11) is 0. The minimum absolute atomic E-state index is 0.192. The van der Waals surface area contributed by atoms with Crippen LogP contribution in [0.2, 0.25) is 0 Å². The molecule has 3 nitrogen and oxygen atoms in total. The molecule has 2 rings (SSSR count). The zero-order chi connectivity index (χ0) is 10.7. The second kappa shape index (κ2) is 4.77. The largest absolute Gasteiger partial charge is 0.337 e. The Morgan fingerprint density at radius 1 is 1.40 bits per heavy atom. The molecule has 0 aromatic carbocycles. The maximum Gasteiger partial charge on any atom is 0.255 e. The number of rotatable bonds is 1. The molecule has 1 aliphatic heterocycles. The summed E-state index contributed by atoms with van der Waals surface area (Å²) in [5.41, 5.74) is 1.98. The van der Waals surface area contributed by atoms with Crippen LogP contribution in [0.5, 0.6) is 0 Å². The maximum atomic E-state index is 12.1. The summed E-state index contributed by atoms with van der Waals surface area (Å²) in [6, 6.07) is 0. The molecule has 1 aromatic heterocycles. The van der Waals surface area contributed by atoms with E-state index >= 15 is 0 Å². The van der Waals surface area contributed by atoms with E-state index in [9.17, 15) is 4.79 Å². The Kier molecular flexibility index (Phi) is 3.38. The van der Waals surface area contributed by atoms with Crippen molar-refractivity contribution in [2.24, 2.45) is 0 Å². The Balaban J connectivity index is 2.09. The third kappa shape index (κ3) is 2.38. The van der Waals surface area contributed by atoms with E-state index in [1.165, 1.54) is 0 Å². The number of hydrogen-bond donors (Lipinski definition) is 1. The van der Waals surface area contributed by atoms with Gasteiger partial charge in [0.05, 0.1) is 5.56 Å². The highest BCUT2D eigenvalue weighted by Gasteiger charge is 2.18. The summed E-state index contributed by atoms with van der Waals surface area (Å²) in [6.45, 7) is 5.64. The summed E-state index contributed by atoms with van der Waals surface area (Å²) in [4.78, 5) is 14.1. The standard InChI is InChI=1S/C11H16N2OS/c1-9-7-15-8-10(9)11(14)13-5-2-3-12-4-6-13/h7-8,12H,2-6H2,1H3. The minimum atomic E-state index is 0.192. The Bertz CT molecular complexity index is 340. The number of carbonyl (C=O) groups excluding carboxylic acids is 1. The fourth-order valence-corrected chi connectivity index (χ4v) is 2.62. The molecular weight excluding hydrogens is 208 g/mol.